The van der Waals surface area contributed by atoms with E-state index in [1.807, 2.05) is 6.20 Å². The Morgan fingerprint density at radius 3 is 2.47 bits per heavy atom. The molecule has 0 radical (unpaired) electrons. The summed E-state index contributed by atoms with van der Waals surface area (Å²) >= 11 is 0. The van der Waals surface area contributed by atoms with E-state index in [2.05, 4.69) is 17.1 Å². The molecule has 4 rings (SSSR count). The number of amides is 1. The van der Waals surface area contributed by atoms with E-state index in [1.165, 1.54) is 29.1 Å². The number of hydrogen-bond acceptors (Lipinski definition) is 6. The molecule has 0 spiro atoms. The van der Waals surface area contributed by atoms with Crippen molar-refractivity contribution in [1.29, 1.82) is 0 Å². The van der Waals surface area contributed by atoms with E-state index in [1.54, 1.807) is 5.48 Å². The maximum atomic E-state index is 13.4. The maximum Gasteiger partial charge on any atom is 0.266 e. The molecule has 2 N–H and O–H groups in total. The van der Waals surface area contributed by atoms with Gasteiger partial charge in [-0.05, 0) is 43.2 Å². The fourth-order valence-corrected chi connectivity index (χ4v) is 6.80. The van der Waals surface area contributed by atoms with Crippen molar-refractivity contribution in [1.82, 2.24) is 14.8 Å². The molecule has 1 aliphatic carbocycles. The molecule has 30 heavy (non-hydrogen) atoms. The van der Waals surface area contributed by atoms with Crippen molar-refractivity contribution in [3.63, 3.8) is 0 Å². The SMILES string of the molecule is O=C(NO)C1(S(=O)(=O)N2CCC(c3ccc(CCC4CC4)cn3)CC2)CCOCC1. The van der Waals surface area contributed by atoms with Gasteiger partial charge in [0.25, 0.3) is 5.91 Å². The molecule has 166 valence electrons. The minimum Gasteiger partial charge on any atom is -0.381 e. The third-order valence-electron chi connectivity index (χ3n) is 6.91. The first kappa shape index (κ1) is 21.7. The van der Waals surface area contributed by atoms with Crippen LogP contribution in [0.25, 0.3) is 0 Å². The molecule has 1 aromatic heterocycles. The lowest BCUT2D eigenvalue weighted by Gasteiger charge is -2.40. The normalized spacial score (nSPS) is 23.2. The summed E-state index contributed by atoms with van der Waals surface area (Å²) in [7, 11) is -3.92. The van der Waals surface area contributed by atoms with Crippen LogP contribution in [0, 0.1) is 5.92 Å². The summed E-state index contributed by atoms with van der Waals surface area (Å²) in [5, 5.41) is 9.17. The van der Waals surface area contributed by atoms with E-state index in [-0.39, 0.29) is 32.0 Å². The first-order valence-electron chi connectivity index (χ1n) is 10.9. The van der Waals surface area contributed by atoms with Crippen molar-refractivity contribution >= 4 is 15.9 Å². The summed E-state index contributed by atoms with van der Waals surface area (Å²) in [5.74, 6) is 0.255. The van der Waals surface area contributed by atoms with Crippen LogP contribution in [0.3, 0.4) is 0 Å². The van der Waals surface area contributed by atoms with Gasteiger partial charge in [-0.3, -0.25) is 15.0 Å². The molecular formula is C21H31N3O5S. The quantitative estimate of drug-likeness (QED) is 0.499. The average Bonchev–Trinajstić information content (AvgIpc) is 3.62. The van der Waals surface area contributed by atoms with Crippen molar-refractivity contribution < 1.29 is 23.2 Å². The predicted octanol–water partition coefficient (Wildman–Crippen LogP) is 1.99. The van der Waals surface area contributed by atoms with Crippen molar-refractivity contribution in [3.8, 4) is 0 Å². The molecule has 2 saturated heterocycles. The third kappa shape index (κ3) is 4.26. The number of nitrogens with one attached hydrogen (secondary N) is 1. The van der Waals surface area contributed by atoms with E-state index in [0.717, 1.165) is 18.0 Å². The molecule has 3 fully saturated rings. The summed E-state index contributed by atoms with van der Waals surface area (Å²) in [5.41, 5.74) is 3.85. The number of nitrogens with zero attached hydrogens (tertiary/aromatic N) is 2. The van der Waals surface area contributed by atoms with Crippen molar-refractivity contribution in [2.45, 2.75) is 62.0 Å². The molecule has 1 saturated carbocycles. The standard InChI is InChI=1S/C21H31N3O5S/c25-20(23-26)21(9-13-29-14-10-21)30(27,28)24-11-7-18(8-12-24)19-6-5-17(15-22-19)4-3-16-1-2-16/h5-6,15-16,18,26H,1-4,7-14H2,(H,23,25). The molecule has 3 aliphatic rings. The topological polar surface area (TPSA) is 109 Å². The summed E-state index contributed by atoms with van der Waals surface area (Å²) in [6, 6.07) is 4.23. The number of hydrogen-bond donors (Lipinski definition) is 2. The number of ether oxygens (including phenoxy) is 1. The Morgan fingerprint density at radius 1 is 1.20 bits per heavy atom. The van der Waals surface area contributed by atoms with Crippen LogP contribution in [-0.4, -0.2) is 59.9 Å². The maximum absolute atomic E-state index is 13.4. The van der Waals surface area contributed by atoms with Gasteiger partial charge in [-0.2, -0.15) is 0 Å². The summed E-state index contributed by atoms with van der Waals surface area (Å²) in [4.78, 5) is 17.0. The second-order valence-corrected chi connectivity index (χ2v) is 11.0. The van der Waals surface area contributed by atoms with E-state index in [0.29, 0.717) is 25.9 Å². The number of hydroxylamine groups is 1. The summed E-state index contributed by atoms with van der Waals surface area (Å²) in [6.45, 7) is 1.05. The van der Waals surface area contributed by atoms with Gasteiger partial charge >= 0.3 is 0 Å². The summed E-state index contributed by atoms with van der Waals surface area (Å²) in [6.07, 6.45) is 8.43. The molecule has 0 unspecified atom stereocenters. The Balaban J connectivity index is 1.39. The minimum atomic E-state index is -3.92. The molecular weight excluding hydrogens is 406 g/mol. The number of carbonyl (C=O) groups excluding carboxylic acids is 1. The van der Waals surface area contributed by atoms with Crippen LogP contribution in [0.4, 0.5) is 0 Å². The lowest BCUT2D eigenvalue weighted by molar-refractivity contribution is -0.134. The van der Waals surface area contributed by atoms with E-state index in [4.69, 9.17) is 9.94 Å². The molecule has 9 heteroatoms. The lowest BCUT2D eigenvalue weighted by atomic mass is 9.93. The Hall–Kier alpha value is -1.55. The molecule has 1 aromatic rings. The van der Waals surface area contributed by atoms with Crippen LogP contribution in [0.2, 0.25) is 0 Å². The first-order chi connectivity index (χ1) is 14.5. The number of aromatic nitrogens is 1. The monoisotopic (exact) mass is 437 g/mol. The highest BCUT2D eigenvalue weighted by Crippen LogP contribution is 2.37. The highest BCUT2D eigenvalue weighted by Gasteiger charge is 2.54. The fourth-order valence-electron chi connectivity index (χ4n) is 4.65. The number of pyridine rings is 1. The van der Waals surface area contributed by atoms with Gasteiger partial charge in [0.05, 0.1) is 0 Å². The van der Waals surface area contributed by atoms with Crippen LogP contribution in [0.5, 0.6) is 0 Å². The van der Waals surface area contributed by atoms with Crippen LogP contribution < -0.4 is 5.48 Å². The number of sulfonamides is 1. The zero-order valence-electron chi connectivity index (χ0n) is 17.3. The predicted molar refractivity (Wildman–Crippen MR) is 110 cm³/mol. The average molecular weight is 438 g/mol. The van der Waals surface area contributed by atoms with Gasteiger partial charge in [0.15, 0.2) is 4.75 Å². The van der Waals surface area contributed by atoms with Gasteiger partial charge < -0.3 is 4.74 Å². The highest BCUT2D eigenvalue weighted by molar-refractivity contribution is 7.91. The van der Waals surface area contributed by atoms with Gasteiger partial charge in [0.1, 0.15) is 0 Å². The second kappa shape index (κ2) is 8.90. The second-order valence-electron chi connectivity index (χ2n) is 8.80. The third-order valence-corrected chi connectivity index (χ3v) is 9.53. The van der Waals surface area contributed by atoms with Crippen LogP contribution in [-0.2, 0) is 26.0 Å². The zero-order valence-corrected chi connectivity index (χ0v) is 18.1. The van der Waals surface area contributed by atoms with Crippen molar-refractivity contribution in [2.75, 3.05) is 26.3 Å². The molecule has 0 bridgehead atoms. The Bertz CT molecular complexity index is 840. The van der Waals surface area contributed by atoms with Gasteiger partial charge in [0, 0.05) is 57.0 Å². The Labute approximate surface area is 178 Å². The van der Waals surface area contributed by atoms with Crippen molar-refractivity contribution in [3.05, 3.63) is 29.6 Å². The van der Waals surface area contributed by atoms with Crippen LogP contribution in [0.1, 0.15) is 62.1 Å². The Kier molecular flexibility index (Phi) is 6.43. The molecule has 0 aromatic carbocycles. The van der Waals surface area contributed by atoms with E-state index < -0.39 is 20.7 Å². The molecule has 0 atom stereocenters. The van der Waals surface area contributed by atoms with Crippen molar-refractivity contribution in [2.24, 2.45) is 5.92 Å². The first-order valence-corrected chi connectivity index (χ1v) is 12.4. The van der Waals surface area contributed by atoms with Gasteiger partial charge in [-0.1, -0.05) is 18.9 Å². The number of piperidine rings is 1. The van der Waals surface area contributed by atoms with Crippen LogP contribution in [0.15, 0.2) is 18.3 Å². The number of carbonyl (C=O) groups is 1. The fraction of sp³-hybridized carbons (Fsp3) is 0.714. The number of rotatable bonds is 7. The Morgan fingerprint density at radius 2 is 1.90 bits per heavy atom. The molecule has 2 aliphatic heterocycles. The van der Waals surface area contributed by atoms with E-state index >= 15 is 0 Å². The van der Waals surface area contributed by atoms with Gasteiger partial charge in [-0.15, -0.1) is 0 Å². The molecule has 1 amide bonds. The minimum absolute atomic E-state index is 0.0472. The highest BCUT2D eigenvalue weighted by atomic mass is 32.2. The largest absolute Gasteiger partial charge is 0.381 e. The van der Waals surface area contributed by atoms with Gasteiger partial charge in [-0.25, -0.2) is 18.2 Å². The van der Waals surface area contributed by atoms with Gasteiger partial charge in [0.2, 0.25) is 10.0 Å². The number of aryl methyl sites for hydroxylation is 1. The zero-order chi connectivity index (χ0) is 21.2. The lowest BCUT2D eigenvalue weighted by Crippen LogP contribution is -2.60. The summed E-state index contributed by atoms with van der Waals surface area (Å²) < 4.78 is 31.8. The van der Waals surface area contributed by atoms with E-state index in [9.17, 15) is 13.2 Å². The molecule has 8 nitrogen and oxygen atoms in total. The van der Waals surface area contributed by atoms with Crippen LogP contribution >= 0.6 is 0 Å². The smallest absolute Gasteiger partial charge is 0.266 e. The molecule has 3 heterocycles.